The second kappa shape index (κ2) is 12.1. The first-order valence-electron chi connectivity index (χ1n) is 11.1. The van der Waals surface area contributed by atoms with E-state index in [0.717, 1.165) is 6.42 Å². The number of nitrogens with one attached hydrogen (secondary N) is 1. The van der Waals surface area contributed by atoms with E-state index in [1.165, 1.54) is 0 Å². The van der Waals surface area contributed by atoms with E-state index in [0.29, 0.717) is 72.2 Å². The second-order valence-corrected chi connectivity index (χ2v) is 8.48. The molecule has 1 fully saturated rings. The Kier molecular flexibility index (Phi) is 9.23. The molecular formula is C24H29Cl2N3O4. The normalized spacial score (nSPS) is 14.1. The molecule has 1 saturated heterocycles. The molecule has 0 unspecified atom stereocenters. The van der Waals surface area contributed by atoms with Crippen LogP contribution in [0.15, 0.2) is 36.4 Å². The SMILES string of the molecule is CCCOc1c(Cl)cc(C(=O)N2CCN(CC(=O)Nc3ccccc3Cl)CC2)cc1OCC. The summed E-state index contributed by atoms with van der Waals surface area (Å²) in [7, 11) is 0. The summed E-state index contributed by atoms with van der Waals surface area (Å²) in [4.78, 5) is 29.3. The Morgan fingerprint density at radius 1 is 1.00 bits per heavy atom. The minimum Gasteiger partial charge on any atom is -0.490 e. The van der Waals surface area contributed by atoms with Crippen LogP contribution < -0.4 is 14.8 Å². The number of ether oxygens (including phenoxy) is 2. The highest BCUT2D eigenvalue weighted by atomic mass is 35.5. The predicted molar refractivity (Wildman–Crippen MR) is 131 cm³/mol. The van der Waals surface area contributed by atoms with Crippen molar-refractivity contribution >= 4 is 40.7 Å². The van der Waals surface area contributed by atoms with Crippen molar-refractivity contribution in [2.75, 3.05) is 51.3 Å². The molecule has 9 heteroatoms. The maximum Gasteiger partial charge on any atom is 0.254 e. The number of carbonyl (C=O) groups excluding carboxylic acids is 2. The van der Waals surface area contributed by atoms with E-state index in [2.05, 4.69) is 5.32 Å². The van der Waals surface area contributed by atoms with Gasteiger partial charge in [0.25, 0.3) is 5.91 Å². The molecule has 0 atom stereocenters. The van der Waals surface area contributed by atoms with E-state index < -0.39 is 0 Å². The molecule has 1 N–H and O–H groups in total. The van der Waals surface area contributed by atoms with E-state index in [1.807, 2.05) is 30.9 Å². The van der Waals surface area contributed by atoms with Crippen LogP contribution in [-0.4, -0.2) is 67.6 Å². The standard InChI is InChI=1S/C24H29Cl2N3O4/c1-3-13-33-23-19(26)14-17(15-21(23)32-4-2)24(31)29-11-9-28(10-12-29)16-22(30)27-20-8-6-5-7-18(20)25/h5-8,14-15H,3-4,9-13,16H2,1-2H3,(H,27,30). The first-order chi connectivity index (χ1) is 15.9. The van der Waals surface area contributed by atoms with Gasteiger partial charge in [0.05, 0.1) is 35.5 Å². The summed E-state index contributed by atoms with van der Waals surface area (Å²) in [5.74, 6) is 0.668. The Balaban J connectivity index is 1.58. The van der Waals surface area contributed by atoms with Crippen LogP contribution in [0.3, 0.4) is 0 Å². The third kappa shape index (κ3) is 6.76. The molecule has 178 valence electrons. The van der Waals surface area contributed by atoms with Gasteiger partial charge in [-0.3, -0.25) is 14.5 Å². The molecule has 2 aromatic rings. The number of para-hydroxylation sites is 1. The van der Waals surface area contributed by atoms with Crippen LogP contribution in [0.1, 0.15) is 30.6 Å². The van der Waals surface area contributed by atoms with Crippen LogP contribution in [0, 0.1) is 0 Å². The molecule has 0 radical (unpaired) electrons. The fourth-order valence-corrected chi connectivity index (χ4v) is 3.99. The fourth-order valence-electron chi connectivity index (χ4n) is 3.55. The lowest BCUT2D eigenvalue weighted by Gasteiger charge is -2.34. The van der Waals surface area contributed by atoms with Crippen molar-refractivity contribution in [2.24, 2.45) is 0 Å². The number of halogens is 2. The molecule has 3 rings (SSSR count). The lowest BCUT2D eigenvalue weighted by molar-refractivity contribution is -0.117. The molecule has 2 amide bonds. The Bertz CT molecular complexity index is 978. The molecule has 0 spiro atoms. The molecule has 1 aliphatic rings. The summed E-state index contributed by atoms with van der Waals surface area (Å²) in [6, 6.07) is 10.4. The fraction of sp³-hybridized carbons (Fsp3) is 0.417. The number of hydrogen-bond donors (Lipinski definition) is 1. The van der Waals surface area contributed by atoms with Crippen molar-refractivity contribution in [3.63, 3.8) is 0 Å². The highest BCUT2D eigenvalue weighted by Crippen LogP contribution is 2.37. The molecule has 7 nitrogen and oxygen atoms in total. The van der Waals surface area contributed by atoms with Gasteiger partial charge in [0, 0.05) is 31.7 Å². The monoisotopic (exact) mass is 493 g/mol. The van der Waals surface area contributed by atoms with Crippen LogP contribution in [0.25, 0.3) is 0 Å². The lowest BCUT2D eigenvalue weighted by atomic mass is 10.1. The Morgan fingerprint density at radius 2 is 1.73 bits per heavy atom. The highest BCUT2D eigenvalue weighted by Gasteiger charge is 2.25. The third-order valence-electron chi connectivity index (χ3n) is 5.18. The minimum atomic E-state index is -0.140. The zero-order valence-corrected chi connectivity index (χ0v) is 20.4. The number of nitrogens with zero attached hydrogens (tertiary/aromatic N) is 2. The summed E-state index contributed by atoms with van der Waals surface area (Å²) in [5, 5.41) is 3.68. The van der Waals surface area contributed by atoms with Crippen molar-refractivity contribution in [3.8, 4) is 11.5 Å². The lowest BCUT2D eigenvalue weighted by Crippen LogP contribution is -2.50. The maximum atomic E-state index is 13.1. The van der Waals surface area contributed by atoms with Crippen molar-refractivity contribution < 1.29 is 19.1 Å². The van der Waals surface area contributed by atoms with Crippen molar-refractivity contribution in [2.45, 2.75) is 20.3 Å². The number of rotatable bonds is 9. The molecule has 0 aromatic heterocycles. The number of anilines is 1. The quantitative estimate of drug-likeness (QED) is 0.553. The van der Waals surface area contributed by atoms with Gasteiger partial charge in [-0.15, -0.1) is 0 Å². The summed E-state index contributed by atoms with van der Waals surface area (Å²) in [6.45, 7) is 7.25. The maximum absolute atomic E-state index is 13.1. The first kappa shape index (κ1) is 25.1. The summed E-state index contributed by atoms with van der Waals surface area (Å²) in [5.41, 5.74) is 1.04. The summed E-state index contributed by atoms with van der Waals surface area (Å²) < 4.78 is 11.4. The number of benzene rings is 2. The van der Waals surface area contributed by atoms with Gasteiger partial charge in [-0.05, 0) is 37.6 Å². The van der Waals surface area contributed by atoms with Gasteiger partial charge in [-0.1, -0.05) is 42.3 Å². The number of piperazine rings is 1. The van der Waals surface area contributed by atoms with Crippen LogP contribution in [0.2, 0.25) is 10.0 Å². The van der Waals surface area contributed by atoms with Crippen molar-refractivity contribution in [1.29, 1.82) is 0 Å². The van der Waals surface area contributed by atoms with E-state index in [1.54, 1.807) is 29.2 Å². The van der Waals surface area contributed by atoms with Crippen molar-refractivity contribution in [3.05, 3.63) is 52.0 Å². The third-order valence-corrected chi connectivity index (χ3v) is 5.79. The molecule has 2 aromatic carbocycles. The molecule has 0 bridgehead atoms. The van der Waals surface area contributed by atoms with Gasteiger partial charge >= 0.3 is 0 Å². The largest absolute Gasteiger partial charge is 0.490 e. The molecule has 33 heavy (non-hydrogen) atoms. The minimum absolute atomic E-state index is 0.125. The van der Waals surface area contributed by atoms with Crippen molar-refractivity contribution in [1.82, 2.24) is 9.80 Å². The van der Waals surface area contributed by atoms with Crippen LogP contribution in [0.5, 0.6) is 11.5 Å². The molecular weight excluding hydrogens is 465 g/mol. The van der Waals surface area contributed by atoms with Gasteiger partial charge in [0.2, 0.25) is 5.91 Å². The van der Waals surface area contributed by atoms with E-state index >= 15 is 0 Å². The van der Waals surface area contributed by atoms with Crippen LogP contribution in [-0.2, 0) is 4.79 Å². The first-order valence-corrected chi connectivity index (χ1v) is 11.8. The van der Waals surface area contributed by atoms with E-state index in [-0.39, 0.29) is 18.4 Å². The molecule has 1 heterocycles. The average molecular weight is 494 g/mol. The molecule has 0 aliphatic carbocycles. The number of carbonyl (C=O) groups is 2. The van der Waals surface area contributed by atoms with Gasteiger partial charge in [-0.2, -0.15) is 0 Å². The van der Waals surface area contributed by atoms with E-state index in [9.17, 15) is 9.59 Å². The average Bonchev–Trinajstić information content (AvgIpc) is 2.80. The molecule has 0 saturated carbocycles. The van der Waals surface area contributed by atoms with Crippen LogP contribution >= 0.6 is 23.2 Å². The molecule has 1 aliphatic heterocycles. The Hall–Kier alpha value is -2.48. The van der Waals surface area contributed by atoms with Gasteiger partial charge < -0.3 is 19.7 Å². The zero-order valence-electron chi connectivity index (χ0n) is 18.9. The van der Waals surface area contributed by atoms with Crippen LogP contribution in [0.4, 0.5) is 5.69 Å². The summed E-state index contributed by atoms with van der Waals surface area (Å²) in [6.07, 6.45) is 0.837. The van der Waals surface area contributed by atoms with E-state index in [4.69, 9.17) is 32.7 Å². The Labute approximate surface area is 204 Å². The zero-order chi connectivity index (χ0) is 23.8. The smallest absolute Gasteiger partial charge is 0.254 e. The Morgan fingerprint density at radius 3 is 2.39 bits per heavy atom. The van der Waals surface area contributed by atoms with Gasteiger partial charge in [0.1, 0.15) is 0 Å². The van der Waals surface area contributed by atoms with Gasteiger partial charge in [-0.25, -0.2) is 0 Å². The summed E-state index contributed by atoms with van der Waals surface area (Å²) >= 11 is 12.5. The topological polar surface area (TPSA) is 71.1 Å². The number of amides is 2. The van der Waals surface area contributed by atoms with Gasteiger partial charge in [0.15, 0.2) is 11.5 Å². The highest BCUT2D eigenvalue weighted by molar-refractivity contribution is 6.33. The second-order valence-electron chi connectivity index (χ2n) is 7.66. The predicted octanol–water partition coefficient (Wildman–Crippen LogP) is 4.58. The number of hydrogen-bond acceptors (Lipinski definition) is 5.